The highest BCUT2D eigenvalue weighted by Crippen LogP contribution is 2.31. The lowest BCUT2D eigenvalue weighted by Crippen LogP contribution is -2.23. The van der Waals surface area contributed by atoms with Crippen LogP contribution in [0.1, 0.15) is 36.0 Å². The molecule has 0 spiro atoms. The average Bonchev–Trinajstić information content (AvgIpc) is 2.90. The summed E-state index contributed by atoms with van der Waals surface area (Å²) < 4.78 is 2.19. The van der Waals surface area contributed by atoms with Crippen molar-refractivity contribution in [1.29, 1.82) is 0 Å². The number of carbonyl (C=O) groups excluding carboxylic acids is 1. The summed E-state index contributed by atoms with van der Waals surface area (Å²) in [5, 5.41) is 10.1. The van der Waals surface area contributed by atoms with Crippen LogP contribution < -0.4 is 5.73 Å². The molecule has 1 heterocycles. The molecule has 1 aliphatic carbocycles. The lowest BCUT2D eigenvalue weighted by molar-refractivity contribution is -0.143. The standard InChI is InChI=1S/C17H20N2O3/c18-16(20)14-5-6-15-13(9-14)7-8-19(15)10-11-1-3-12(4-2-11)17(21)22/h5-9,11-12H,1-4,10H2,(H2,18,20)(H,21,22). The van der Waals surface area contributed by atoms with Crippen molar-refractivity contribution < 1.29 is 14.7 Å². The fourth-order valence-electron chi connectivity index (χ4n) is 3.38. The third kappa shape index (κ3) is 2.84. The number of amides is 1. The molecule has 1 fully saturated rings. The molecule has 2 aromatic rings. The fraction of sp³-hybridized carbons (Fsp3) is 0.412. The minimum Gasteiger partial charge on any atom is -0.481 e. The SMILES string of the molecule is NC(=O)c1ccc2c(ccn2CC2CCC(C(=O)O)CC2)c1. The van der Waals surface area contributed by atoms with Crippen LogP contribution in [0.15, 0.2) is 30.5 Å². The van der Waals surface area contributed by atoms with Crippen LogP contribution in [0.5, 0.6) is 0 Å². The Kier molecular flexibility index (Phi) is 3.88. The summed E-state index contributed by atoms with van der Waals surface area (Å²) in [7, 11) is 0. The molecule has 5 heteroatoms. The Bertz CT molecular complexity index is 712. The zero-order valence-corrected chi connectivity index (χ0v) is 12.4. The molecule has 1 saturated carbocycles. The number of carboxylic acids is 1. The Morgan fingerprint density at radius 3 is 2.55 bits per heavy atom. The average molecular weight is 300 g/mol. The van der Waals surface area contributed by atoms with Gasteiger partial charge in [-0.25, -0.2) is 0 Å². The molecule has 3 rings (SSSR count). The number of rotatable bonds is 4. The number of carbonyl (C=O) groups is 2. The number of primary amides is 1. The van der Waals surface area contributed by atoms with Crippen LogP contribution in [0.2, 0.25) is 0 Å². The molecule has 0 radical (unpaired) electrons. The maximum Gasteiger partial charge on any atom is 0.306 e. The van der Waals surface area contributed by atoms with Gasteiger partial charge in [0, 0.05) is 29.2 Å². The quantitative estimate of drug-likeness (QED) is 0.910. The van der Waals surface area contributed by atoms with Crippen molar-refractivity contribution >= 4 is 22.8 Å². The molecule has 0 atom stereocenters. The summed E-state index contributed by atoms with van der Waals surface area (Å²) in [5.74, 6) is -0.733. The molecule has 116 valence electrons. The Labute approximate surface area is 128 Å². The van der Waals surface area contributed by atoms with Crippen molar-refractivity contribution in [3.63, 3.8) is 0 Å². The van der Waals surface area contributed by atoms with Crippen molar-refractivity contribution in [3.05, 3.63) is 36.0 Å². The molecule has 0 aliphatic heterocycles. The Balaban J connectivity index is 1.72. The highest BCUT2D eigenvalue weighted by molar-refractivity contribution is 5.97. The molecular weight excluding hydrogens is 280 g/mol. The molecule has 5 nitrogen and oxygen atoms in total. The van der Waals surface area contributed by atoms with E-state index in [9.17, 15) is 9.59 Å². The van der Waals surface area contributed by atoms with Crippen molar-refractivity contribution in [1.82, 2.24) is 4.57 Å². The number of aliphatic carboxylic acids is 1. The molecule has 1 aliphatic rings. The van der Waals surface area contributed by atoms with E-state index < -0.39 is 11.9 Å². The third-order valence-electron chi connectivity index (χ3n) is 4.71. The third-order valence-corrected chi connectivity index (χ3v) is 4.71. The van der Waals surface area contributed by atoms with Gasteiger partial charge >= 0.3 is 5.97 Å². The largest absolute Gasteiger partial charge is 0.481 e. The van der Waals surface area contributed by atoms with E-state index in [0.29, 0.717) is 11.5 Å². The lowest BCUT2D eigenvalue weighted by Gasteiger charge is -2.26. The number of hydrogen-bond donors (Lipinski definition) is 2. The van der Waals surface area contributed by atoms with Gasteiger partial charge in [0.15, 0.2) is 0 Å². The summed E-state index contributed by atoms with van der Waals surface area (Å²) in [6.07, 6.45) is 5.47. The van der Waals surface area contributed by atoms with E-state index in [2.05, 4.69) is 4.57 Å². The highest BCUT2D eigenvalue weighted by Gasteiger charge is 2.26. The van der Waals surface area contributed by atoms with Gasteiger partial charge in [-0.1, -0.05) is 0 Å². The molecular formula is C17H20N2O3. The highest BCUT2D eigenvalue weighted by atomic mass is 16.4. The minimum absolute atomic E-state index is 0.171. The van der Waals surface area contributed by atoms with Gasteiger partial charge in [-0.3, -0.25) is 9.59 Å². The second-order valence-electron chi connectivity index (χ2n) is 6.16. The van der Waals surface area contributed by atoms with Gasteiger partial charge < -0.3 is 15.4 Å². The van der Waals surface area contributed by atoms with Crippen LogP contribution >= 0.6 is 0 Å². The number of aromatic nitrogens is 1. The number of benzene rings is 1. The number of nitrogens with two attached hydrogens (primary N) is 1. The van der Waals surface area contributed by atoms with E-state index in [4.69, 9.17) is 10.8 Å². The van der Waals surface area contributed by atoms with Crippen LogP contribution in [0.4, 0.5) is 0 Å². The first-order valence-corrected chi connectivity index (χ1v) is 7.66. The number of carboxylic acid groups (broad SMARTS) is 1. The second kappa shape index (κ2) is 5.83. The van der Waals surface area contributed by atoms with Crippen molar-refractivity contribution in [2.45, 2.75) is 32.2 Å². The molecule has 0 saturated heterocycles. The van der Waals surface area contributed by atoms with E-state index in [0.717, 1.165) is 43.1 Å². The molecule has 1 aromatic carbocycles. The maximum absolute atomic E-state index is 11.2. The number of fused-ring (bicyclic) bond motifs is 1. The van der Waals surface area contributed by atoms with E-state index in [1.807, 2.05) is 24.4 Å². The molecule has 22 heavy (non-hydrogen) atoms. The normalized spacial score (nSPS) is 21.8. The van der Waals surface area contributed by atoms with Gasteiger partial charge in [0.2, 0.25) is 5.91 Å². The summed E-state index contributed by atoms with van der Waals surface area (Å²) in [6, 6.07) is 7.49. The van der Waals surface area contributed by atoms with Crippen LogP contribution in [-0.2, 0) is 11.3 Å². The van der Waals surface area contributed by atoms with Crippen molar-refractivity contribution in [2.75, 3.05) is 0 Å². The van der Waals surface area contributed by atoms with Gasteiger partial charge in [0.25, 0.3) is 0 Å². The predicted octanol–water partition coefficient (Wildman–Crippen LogP) is 2.63. The summed E-state index contributed by atoms with van der Waals surface area (Å²) in [6.45, 7) is 0.895. The van der Waals surface area contributed by atoms with Crippen molar-refractivity contribution in [3.8, 4) is 0 Å². The number of nitrogens with zero attached hydrogens (tertiary/aromatic N) is 1. The summed E-state index contributed by atoms with van der Waals surface area (Å²) in [4.78, 5) is 22.2. The Morgan fingerprint density at radius 2 is 1.91 bits per heavy atom. The summed E-state index contributed by atoms with van der Waals surface area (Å²) in [5.41, 5.74) is 6.91. The Morgan fingerprint density at radius 1 is 1.18 bits per heavy atom. The van der Waals surface area contributed by atoms with E-state index >= 15 is 0 Å². The molecule has 1 amide bonds. The smallest absolute Gasteiger partial charge is 0.306 e. The molecule has 0 bridgehead atoms. The topological polar surface area (TPSA) is 85.3 Å². The maximum atomic E-state index is 11.2. The first kappa shape index (κ1) is 14.6. The van der Waals surface area contributed by atoms with Gasteiger partial charge in [0.05, 0.1) is 5.92 Å². The molecule has 1 aromatic heterocycles. The van der Waals surface area contributed by atoms with Crippen molar-refractivity contribution in [2.24, 2.45) is 17.6 Å². The first-order chi connectivity index (χ1) is 10.5. The second-order valence-corrected chi connectivity index (χ2v) is 6.16. The predicted molar refractivity (Wildman–Crippen MR) is 83.5 cm³/mol. The molecule has 0 unspecified atom stereocenters. The van der Waals surface area contributed by atoms with Gasteiger partial charge in [-0.05, 0) is 55.9 Å². The molecule has 3 N–H and O–H groups in total. The minimum atomic E-state index is -0.663. The van der Waals surface area contributed by atoms with E-state index in [1.54, 1.807) is 6.07 Å². The summed E-state index contributed by atoms with van der Waals surface area (Å²) >= 11 is 0. The van der Waals surface area contributed by atoms with Crippen LogP contribution in [-0.4, -0.2) is 21.6 Å². The first-order valence-electron chi connectivity index (χ1n) is 7.66. The fourth-order valence-corrected chi connectivity index (χ4v) is 3.38. The van der Waals surface area contributed by atoms with Crippen LogP contribution in [0, 0.1) is 11.8 Å². The number of hydrogen-bond acceptors (Lipinski definition) is 2. The van der Waals surface area contributed by atoms with Gasteiger partial charge in [-0.15, -0.1) is 0 Å². The zero-order valence-electron chi connectivity index (χ0n) is 12.4. The van der Waals surface area contributed by atoms with Gasteiger partial charge in [-0.2, -0.15) is 0 Å². The van der Waals surface area contributed by atoms with Gasteiger partial charge in [0.1, 0.15) is 0 Å². The zero-order chi connectivity index (χ0) is 15.7. The van der Waals surface area contributed by atoms with E-state index in [1.165, 1.54) is 0 Å². The van der Waals surface area contributed by atoms with Crippen LogP contribution in [0.25, 0.3) is 10.9 Å². The van der Waals surface area contributed by atoms with E-state index in [-0.39, 0.29) is 5.92 Å². The van der Waals surface area contributed by atoms with Crippen LogP contribution in [0.3, 0.4) is 0 Å². The monoisotopic (exact) mass is 300 g/mol. The lowest BCUT2D eigenvalue weighted by atomic mass is 9.82. The Hall–Kier alpha value is -2.30.